The molecule has 0 fully saturated rings. The van der Waals surface area contributed by atoms with E-state index in [2.05, 4.69) is 48.2 Å². The predicted octanol–water partition coefficient (Wildman–Crippen LogP) is 3.94. The molecule has 3 heteroatoms. The second-order valence-corrected chi connectivity index (χ2v) is 5.87. The molecule has 0 radical (unpaired) electrons. The number of benzene rings is 2. The van der Waals surface area contributed by atoms with Crippen molar-refractivity contribution < 1.29 is 0 Å². The molecule has 3 nitrogen and oxygen atoms in total. The van der Waals surface area contributed by atoms with E-state index in [0.29, 0.717) is 6.04 Å². The van der Waals surface area contributed by atoms with Crippen LogP contribution in [-0.4, -0.2) is 11.5 Å². The Morgan fingerprint density at radius 1 is 1.05 bits per heavy atom. The second-order valence-electron chi connectivity index (χ2n) is 5.87. The van der Waals surface area contributed by atoms with Gasteiger partial charge in [0.2, 0.25) is 0 Å². The Hall–Kier alpha value is -2.55. The third kappa shape index (κ3) is 1.93. The summed E-state index contributed by atoms with van der Waals surface area (Å²) in [4.78, 5) is 7.26. The monoisotopic (exact) mass is 289 g/mol. The van der Waals surface area contributed by atoms with Crippen molar-refractivity contribution in [2.45, 2.75) is 19.4 Å². The van der Waals surface area contributed by atoms with Gasteiger partial charge in [0.05, 0.1) is 11.6 Å². The third-order valence-corrected chi connectivity index (χ3v) is 4.64. The fourth-order valence-corrected chi connectivity index (χ4v) is 3.37. The van der Waals surface area contributed by atoms with Crippen molar-refractivity contribution in [3.63, 3.8) is 0 Å². The molecule has 0 bridgehead atoms. The lowest BCUT2D eigenvalue weighted by molar-refractivity contribution is 0.690. The molecule has 0 saturated carbocycles. The molecule has 4 rings (SSSR count). The van der Waals surface area contributed by atoms with Crippen molar-refractivity contribution in [2.75, 3.05) is 17.2 Å². The minimum Gasteiger partial charge on any atom is -0.398 e. The quantitative estimate of drug-likeness (QED) is 0.777. The number of rotatable bonds is 2. The van der Waals surface area contributed by atoms with Crippen LogP contribution >= 0.6 is 0 Å². The number of anilines is 2. The molecule has 0 saturated heterocycles. The largest absolute Gasteiger partial charge is 0.398 e. The zero-order valence-corrected chi connectivity index (χ0v) is 12.7. The van der Waals surface area contributed by atoms with Gasteiger partial charge < -0.3 is 10.6 Å². The van der Waals surface area contributed by atoms with Crippen molar-refractivity contribution in [1.82, 2.24) is 4.98 Å². The highest BCUT2D eigenvalue weighted by Crippen LogP contribution is 2.39. The van der Waals surface area contributed by atoms with Crippen LogP contribution in [0.4, 0.5) is 11.5 Å². The Bertz CT molecular complexity index is 827. The van der Waals surface area contributed by atoms with Gasteiger partial charge >= 0.3 is 0 Å². The molecule has 110 valence electrons. The van der Waals surface area contributed by atoms with E-state index in [0.717, 1.165) is 35.4 Å². The molecule has 1 aliphatic rings. The fraction of sp³-hybridized carbons (Fsp3) is 0.211. The normalized spacial score (nSPS) is 15.0. The Balaban J connectivity index is 1.82. The van der Waals surface area contributed by atoms with Gasteiger partial charge in [-0.2, -0.15) is 0 Å². The summed E-state index contributed by atoms with van der Waals surface area (Å²) in [6.45, 7) is 3.20. The highest BCUT2D eigenvalue weighted by Gasteiger charge is 2.28. The molecular formula is C19H19N3. The van der Waals surface area contributed by atoms with E-state index in [4.69, 9.17) is 10.7 Å². The number of pyridine rings is 1. The van der Waals surface area contributed by atoms with Gasteiger partial charge in [0.1, 0.15) is 5.82 Å². The molecule has 2 N–H and O–H groups in total. The lowest BCUT2D eigenvalue weighted by atomic mass is 10.1. The van der Waals surface area contributed by atoms with E-state index in [-0.39, 0.29) is 0 Å². The number of nitrogens with zero attached hydrogens (tertiary/aromatic N) is 2. The van der Waals surface area contributed by atoms with Gasteiger partial charge in [0.25, 0.3) is 0 Å². The SMILES string of the molecule is CC(c1ccccc1)N1CCc2c1nc1ccccc1c2N. The van der Waals surface area contributed by atoms with Crippen molar-refractivity contribution in [3.05, 3.63) is 65.7 Å². The van der Waals surface area contributed by atoms with Crippen molar-refractivity contribution in [2.24, 2.45) is 0 Å². The van der Waals surface area contributed by atoms with Gasteiger partial charge in [0.15, 0.2) is 0 Å². The Labute approximate surface area is 130 Å². The summed E-state index contributed by atoms with van der Waals surface area (Å²) < 4.78 is 0. The summed E-state index contributed by atoms with van der Waals surface area (Å²) in [7, 11) is 0. The first-order valence-electron chi connectivity index (χ1n) is 7.74. The van der Waals surface area contributed by atoms with Gasteiger partial charge in [0, 0.05) is 23.2 Å². The van der Waals surface area contributed by atoms with Crippen LogP contribution in [0.15, 0.2) is 54.6 Å². The first kappa shape index (κ1) is 13.1. The molecule has 3 aromatic rings. The van der Waals surface area contributed by atoms with Crippen LogP contribution < -0.4 is 10.6 Å². The van der Waals surface area contributed by atoms with Crippen LogP contribution in [0.5, 0.6) is 0 Å². The van der Waals surface area contributed by atoms with E-state index in [1.807, 2.05) is 18.2 Å². The van der Waals surface area contributed by atoms with Crippen LogP contribution in [0.1, 0.15) is 24.1 Å². The number of nitrogens with two attached hydrogens (primary N) is 1. The topological polar surface area (TPSA) is 42.2 Å². The molecule has 1 atom stereocenters. The molecule has 0 spiro atoms. The maximum absolute atomic E-state index is 6.40. The van der Waals surface area contributed by atoms with Crippen LogP contribution in [0.2, 0.25) is 0 Å². The van der Waals surface area contributed by atoms with E-state index in [1.165, 1.54) is 11.1 Å². The highest BCUT2D eigenvalue weighted by molar-refractivity contribution is 5.95. The Kier molecular flexibility index (Phi) is 3.00. The zero-order chi connectivity index (χ0) is 15.1. The van der Waals surface area contributed by atoms with Gasteiger partial charge in [-0.05, 0) is 25.0 Å². The van der Waals surface area contributed by atoms with E-state index in [1.54, 1.807) is 0 Å². The summed E-state index contributed by atoms with van der Waals surface area (Å²) in [5, 5.41) is 1.07. The molecule has 0 amide bonds. The van der Waals surface area contributed by atoms with E-state index in [9.17, 15) is 0 Å². The molecule has 2 heterocycles. The Morgan fingerprint density at radius 2 is 1.77 bits per heavy atom. The third-order valence-electron chi connectivity index (χ3n) is 4.64. The molecule has 2 aromatic carbocycles. The minimum atomic E-state index is 0.301. The number of aromatic nitrogens is 1. The van der Waals surface area contributed by atoms with Gasteiger partial charge in [-0.1, -0.05) is 48.5 Å². The average Bonchev–Trinajstić information content (AvgIpc) is 2.99. The van der Waals surface area contributed by atoms with Crippen molar-refractivity contribution in [1.29, 1.82) is 0 Å². The summed E-state index contributed by atoms with van der Waals surface area (Å²) >= 11 is 0. The van der Waals surface area contributed by atoms with Crippen molar-refractivity contribution in [3.8, 4) is 0 Å². The van der Waals surface area contributed by atoms with E-state index >= 15 is 0 Å². The van der Waals surface area contributed by atoms with E-state index < -0.39 is 0 Å². The second kappa shape index (κ2) is 5.02. The number of nitrogen functional groups attached to an aromatic ring is 1. The Morgan fingerprint density at radius 3 is 2.59 bits per heavy atom. The summed E-state index contributed by atoms with van der Waals surface area (Å²) in [5.41, 5.74) is 10.8. The molecular weight excluding hydrogens is 270 g/mol. The van der Waals surface area contributed by atoms with Gasteiger partial charge in [-0.3, -0.25) is 0 Å². The molecule has 1 unspecified atom stereocenters. The zero-order valence-electron chi connectivity index (χ0n) is 12.7. The van der Waals surface area contributed by atoms with Gasteiger partial charge in [-0.25, -0.2) is 4.98 Å². The number of fused-ring (bicyclic) bond motifs is 2. The number of hydrogen-bond donors (Lipinski definition) is 1. The van der Waals surface area contributed by atoms with Crippen molar-refractivity contribution >= 4 is 22.4 Å². The summed E-state index contributed by atoms with van der Waals surface area (Å²) in [5.74, 6) is 1.05. The minimum absolute atomic E-state index is 0.301. The van der Waals surface area contributed by atoms with Gasteiger partial charge in [-0.15, -0.1) is 0 Å². The van der Waals surface area contributed by atoms with Crippen LogP contribution in [0, 0.1) is 0 Å². The first-order valence-corrected chi connectivity index (χ1v) is 7.74. The fourth-order valence-electron chi connectivity index (χ4n) is 3.37. The van der Waals surface area contributed by atoms with Crippen LogP contribution in [0.3, 0.4) is 0 Å². The number of hydrogen-bond acceptors (Lipinski definition) is 3. The lowest BCUT2D eigenvalue weighted by Gasteiger charge is -2.27. The first-order chi connectivity index (χ1) is 10.8. The molecule has 1 aliphatic heterocycles. The lowest BCUT2D eigenvalue weighted by Crippen LogP contribution is -2.25. The predicted molar refractivity (Wildman–Crippen MR) is 92.1 cm³/mol. The van der Waals surface area contributed by atoms with Crippen LogP contribution in [-0.2, 0) is 6.42 Å². The average molecular weight is 289 g/mol. The smallest absolute Gasteiger partial charge is 0.135 e. The van der Waals surface area contributed by atoms with Crippen LogP contribution in [0.25, 0.3) is 10.9 Å². The standard InChI is InChI=1S/C19H19N3/c1-13(14-7-3-2-4-8-14)22-12-11-16-18(20)15-9-5-6-10-17(15)21-19(16)22/h2-10,13H,11-12H2,1H3,(H2,20,21). The summed E-state index contributed by atoms with van der Waals surface area (Å²) in [6.07, 6.45) is 0.968. The summed E-state index contributed by atoms with van der Waals surface area (Å²) in [6, 6.07) is 19.0. The number of para-hydroxylation sites is 1. The molecule has 1 aromatic heterocycles. The molecule has 22 heavy (non-hydrogen) atoms. The molecule has 0 aliphatic carbocycles. The highest BCUT2D eigenvalue weighted by atomic mass is 15.2. The maximum Gasteiger partial charge on any atom is 0.135 e. The maximum atomic E-state index is 6.40.